The molecule has 2 heterocycles. The Hall–Kier alpha value is -2.99. The van der Waals surface area contributed by atoms with Gasteiger partial charge in [-0.1, -0.05) is 24.6 Å². The highest BCUT2D eigenvalue weighted by Crippen LogP contribution is 2.23. The molecule has 36 heavy (non-hydrogen) atoms. The number of ether oxygens (including phenoxy) is 1. The molecule has 0 radical (unpaired) electrons. The molecule has 2 fully saturated rings. The zero-order chi connectivity index (χ0) is 25.2. The van der Waals surface area contributed by atoms with Crippen LogP contribution in [0.25, 0.3) is 0 Å². The van der Waals surface area contributed by atoms with Crippen LogP contribution in [0.5, 0.6) is 5.75 Å². The monoisotopic (exact) mass is 490 g/mol. The van der Waals surface area contributed by atoms with E-state index in [0.29, 0.717) is 12.2 Å². The van der Waals surface area contributed by atoms with E-state index in [1.165, 1.54) is 56.7 Å². The van der Waals surface area contributed by atoms with Crippen molar-refractivity contribution >= 4 is 17.3 Å². The summed E-state index contributed by atoms with van der Waals surface area (Å²) in [6.07, 6.45) is 9.23. The molecule has 0 N–H and O–H groups in total. The van der Waals surface area contributed by atoms with Gasteiger partial charge < -0.3 is 24.3 Å². The fourth-order valence-electron chi connectivity index (χ4n) is 5.07. The van der Waals surface area contributed by atoms with E-state index in [9.17, 15) is 4.79 Å². The Morgan fingerprint density at radius 1 is 0.972 bits per heavy atom. The van der Waals surface area contributed by atoms with E-state index in [-0.39, 0.29) is 5.91 Å². The maximum Gasteiger partial charge on any atom is 0.254 e. The van der Waals surface area contributed by atoms with E-state index < -0.39 is 0 Å². The number of piperidine rings is 1. The fourth-order valence-corrected chi connectivity index (χ4v) is 5.07. The molecule has 0 saturated carbocycles. The fraction of sp³-hybridized carbons (Fsp3) is 0.500. The zero-order valence-corrected chi connectivity index (χ0v) is 22.1. The number of nitrogens with zero attached hydrogens (tertiary/aromatic N) is 4. The van der Waals surface area contributed by atoms with Crippen LogP contribution >= 0.6 is 0 Å². The Morgan fingerprint density at radius 2 is 1.72 bits per heavy atom. The average molecular weight is 491 g/mol. The van der Waals surface area contributed by atoms with Crippen LogP contribution in [0.4, 0.5) is 11.4 Å². The lowest BCUT2D eigenvalue weighted by Crippen LogP contribution is -2.48. The van der Waals surface area contributed by atoms with Gasteiger partial charge in [0.1, 0.15) is 12.4 Å². The number of hydrogen-bond donors (Lipinski definition) is 0. The lowest BCUT2D eigenvalue weighted by atomic mass is 10.1. The van der Waals surface area contributed by atoms with Gasteiger partial charge in [-0.2, -0.15) is 0 Å². The topological polar surface area (TPSA) is 39.3 Å². The minimum absolute atomic E-state index is 0.0765. The highest BCUT2D eigenvalue weighted by Gasteiger charge is 2.22. The predicted octanol–water partition coefficient (Wildman–Crippen LogP) is 4.92. The number of anilines is 2. The second kappa shape index (κ2) is 13.4. The van der Waals surface area contributed by atoms with Crippen molar-refractivity contribution in [1.29, 1.82) is 0 Å². The number of carbonyl (C=O) groups is 1. The van der Waals surface area contributed by atoms with Crippen LogP contribution < -0.4 is 14.5 Å². The number of hydrogen-bond acceptors (Lipinski definition) is 5. The summed E-state index contributed by atoms with van der Waals surface area (Å²) in [4.78, 5) is 22.4. The standard InChI is InChI=1S/C30H42N4O2/c1-3-4-24-36-29-11-8-10-26(25-29)30(35)34-22-20-33(21-23-34)28-14-12-27(13-15-28)31(2)16-9-19-32-17-6-5-7-18-32/h3-4,8,10-15,25H,5-7,9,16-24H2,1-2H3/b4-3+. The van der Waals surface area contributed by atoms with E-state index >= 15 is 0 Å². The van der Waals surface area contributed by atoms with Crippen molar-refractivity contribution in [3.63, 3.8) is 0 Å². The van der Waals surface area contributed by atoms with E-state index in [0.717, 1.165) is 38.5 Å². The van der Waals surface area contributed by atoms with Crippen molar-refractivity contribution in [2.75, 3.05) is 75.8 Å². The molecule has 6 heteroatoms. The molecule has 2 saturated heterocycles. The van der Waals surface area contributed by atoms with Crippen LogP contribution in [0.2, 0.25) is 0 Å². The van der Waals surface area contributed by atoms with Crippen molar-refractivity contribution < 1.29 is 9.53 Å². The molecular weight excluding hydrogens is 448 g/mol. The smallest absolute Gasteiger partial charge is 0.254 e. The SMILES string of the molecule is C/C=C/COc1cccc(C(=O)N2CCN(c3ccc(N(C)CCCN4CCCCC4)cc3)CC2)c1. The third-order valence-corrected chi connectivity index (χ3v) is 7.30. The maximum atomic E-state index is 13.1. The summed E-state index contributed by atoms with van der Waals surface area (Å²) in [5, 5.41) is 0. The van der Waals surface area contributed by atoms with Crippen molar-refractivity contribution in [2.45, 2.75) is 32.6 Å². The van der Waals surface area contributed by atoms with Gasteiger partial charge in [-0.15, -0.1) is 0 Å². The number of amides is 1. The van der Waals surface area contributed by atoms with Gasteiger partial charge >= 0.3 is 0 Å². The summed E-state index contributed by atoms with van der Waals surface area (Å²) in [6.45, 7) is 10.4. The quantitative estimate of drug-likeness (QED) is 0.442. The summed E-state index contributed by atoms with van der Waals surface area (Å²) in [7, 11) is 2.19. The second-order valence-corrected chi connectivity index (χ2v) is 9.88. The molecular formula is C30H42N4O2. The van der Waals surface area contributed by atoms with Gasteiger partial charge in [-0.25, -0.2) is 0 Å². The van der Waals surface area contributed by atoms with Gasteiger partial charge in [0.05, 0.1) is 0 Å². The average Bonchev–Trinajstić information content (AvgIpc) is 2.94. The summed E-state index contributed by atoms with van der Waals surface area (Å²) >= 11 is 0. The minimum atomic E-state index is 0.0765. The van der Waals surface area contributed by atoms with Crippen LogP contribution in [0.15, 0.2) is 60.7 Å². The summed E-state index contributed by atoms with van der Waals surface area (Å²) in [5.41, 5.74) is 3.18. The Bertz CT molecular complexity index is 977. The van der Waals surface area contributed by atoms with Crippen LogP contribution in [0, 0.1) is 0 Å². The third kappa shape index (κ3) is 7.26. The first-order valence-electron chi connectivity index (χ1n) is 13.6. The largest absolute Gasteiger partial charge is 0.490 e. The highest BCUT2D eigenvalue weighted by molar-refractivity contribution is 5.94. The summed E-state index contributed by atoms with van der Waals surface area (Å²) < 4.78 is 5.70. The first kappa shape index (κ1) is 26.1. The Balaban J connectivity index is 1.23. The number of rotatable bonds is 10. The van der Waals surface area contributed by atoms with E-state index in [2.05, 4.69) is 46.0 Å². The van der Waals surface area contributed by atoms with E-state index in [1.807, 2.05) is 48.2 Å². The molecule has 0 aromatic heterocycles. The van der Waals surface area contributed by atoms with E-state index in [4.69, 9.17) is 4.74 Å². The number of likely N-dealkylation sites (tertiary alicyclic amines) is 1. The molecule has 0 aliphatic carbocycles. The molecule has 0 spiro atoms. The Morgan fingerprint density at radius 3 is 2.44 bits per heavy atom. The van der Waals surface area contributed by atoms with Gasteiger partial charge in [-0.05, 0) is 88.3 Å². The molecule has 1 amide bonds. The maximum absolute atomic E-state index is 13.1. The molecule has 2 aromatic rings. The van der Waals surface area contributed by atoms with Crippen molar-refractivity contribution in [1.82, 2.24) is 9.80 Å². The Labute approximate surface area is 217 Å². The van der Waals surface area contributed by atoms with Crippen molar-refractivity contribution in [3.05, 3.63) is 66.2 Å². The number of carbonyl (C=O) groups excluding carboxylic acids is 1. The zero-order valence-electron chi connectivity index (χ0n) is 22.1. The number of benzene rings is 2. The van der Waals surface area contributed by atoms with E-state index in [1.54, 1.807) is 0 Å². The first-order valence-corrected chi connectivity index (χ1v) is 13.6. The lowest BCUT2D eigenvalue weighted by molar-refractivity contribution is 0.0746. The summed E-state index contributed by atoms with van der Waals surface area (Å²) in [5.74, 6) is 0.807. The van der Waals surface area contributed by atoms with Gasteiger partial charge in [0, 0.05) is 56.7 Å². The van der Waals surface area contributed by atoms with Crippen LogP contribution in [-0.2, 0) is 0 Å². The highest BCUT2D eigenvalue weighted by atomic mass is 16.5. The van der Waals surface area contributed by atoms with Gasteiger partial charge in [0.2, 0.25) is 0 Å². The molecule has 4 rings (SSSR count). The predicted molar refractivity (Wildman–Crippen MR) is 149 cm³/mol. The first-order chi connectivity index (χ1) is 17.6. The van der Waals surface area contributed by atoms with Crippen LogP contribution in [0.1, 0.15) is 43.0 Å². The molecule has 194 valence electrons. The minimum Gasteiger partial charge on any atom is -0.490 e. The van der Waals surface area contributed by atoms with Gasteiger partial charge in [0.15, 0.2) is 0 Å². The molecule has 0 bridgehead atoms. The van der Waals surface area contributed by atoms with Crippen LogP contribution in [0.3, 0.4) is 0 Å². The molecule has 2 aliphatic rings. The third-order valence-electron chi connectivity index (χ3n) is 7.30. The molecule has 6 nitrogen and oxygen atoms in total. The van der Waals surface area contributed by atoms with Crippen molar-refractivity contribution in [3.8, 4) is 5.75 Å². The Kier molecular flexibility index (Phi) is 9.68. The molecule has 0 unspecified atom stereocenters. The molecule has 2 aliphatic heterocycles. The summed E-state index contributed by atoms with van der Waals surface area (Å²) in [6, 6.07) is 16.4. The molecule has 2 aromatic carbocycles. The van der Waals surface area contributed by atoms with Gasteiger partial charge in [0.25, 0.3) is 5.91 Å². The number of allylic oxidation sites excluding steroid dienone is 1. The number of piperazine rings is 1. The lowest BCUT2D eigenvalue weighted by Gasteiger charge is -2.36. The second-order valence-electron chi connectivity index (χ2n) is 9.88. The molecule has 0 atom stereocenters. The van der Waals surface area contributed by atoms with Gasteiger partial charge in [-0.3, -0.25) is 4.79 Å². The van der Waals surface area contributed by atoms with Crippen LogP contribution in [-0.4, -0.2) is 81.7 Å². The van der Waals surface area contributed by atoms with Crippen molar-refractivity contribution in [2.24, 2.45) is 0 Å². The normalized spacial score (nSPS) is 16.9.